The van der Waals surface area contributed by atoms with Crippen molar-refractivity contribution in [3.8, 4) is 5.75 Å². The van der Waals surface area contributed by atoms with Gasteiger partial charge in [-0.25, -0.2) is 9.78 Å². The number of hydrogen-bond donors (Lipinski definition) is 1. The standard InChI is InChI=1S/C25H33NO4S/c1-2-29-25(28)23-18-31-24(26-23)21(17-27)15-14-20-11-8-10-19(20)9-6-7-16-30-22-12-4-3-5-13-22/h3-6,9,12-13,18-21,27H,2,7-8,10-11,14-17H2,1H3/b9-6+/t19-,20+,21-/m0/s1. The first-order valence-corrected chi connectivity index (χ1v) is 12.2. The zero-order valence-electron chi connectivity index (χ0n) is 18.2. The van der Waals surface area contributed by atoms with Crippen LogP contribution in [0.25, 0.3) is 0 Å². The summed E-state index contributed by atoms with van der Waals surface area (Å²) in [6.45, 7) is 2.87. The van der Waals surface area contributed by atoms with Crippen LogP contribution in [-0.4, -0.2) is 35.9 Å². The van der Waals surface area contributed by atoms with E-state index < -0.39 is 0 Å². The fourth-order valence-electron chi connectivity index (χ4n) is 4.19. The lowest BCUT2D eigenvalue weighted by molar-refractivity contribution is 0.0520. The molecular weight excluding hydrogens is 410 g/mol. The fourth-order valence-corrected chi connectivity index (χ4v) is 5.11. The van der Waals surface area contributed by atoms with E-state index in [0.29, 0.717) is 30.7 Å². The molecule has 3 atom stereocenters. The van der Waals surface area contributed by atoms with Crippen LogP contribution in [0.1, 0.15) is 66.9 Å². The highest BCUT2D eigenvalue weighted by atomic mass is 32.1. The predicted octanol–water partition coefficient (Wildman–Crippen LogP) is 5.62. The minimum Gasteiger partial charge on any atom is -0.493 e. The van der Waals surface area contributed by atoms with Crippen LogP contribution in [0.5, 0.6) is 5.75 Å². The van der Waals surface area contributed by atoms with Gasteiger partial charge in [0, 0.05) is 11.3 Å². The van der Waals surface area contributed by atoms with E-state index in [-0.39, 0.29) is 18.5 Å². The van der Waals surface area contributed by atoms with Crippen LogP contribution in [0.4, 0.5) is 0 Å². The number of para-hydroxylation sites is 1. The lowest BCUT2D eigenvalue weighted by Gasteiger charge is -2.19. The van der Waals surface area contributed by atoms with E-state index in [1.54, 1.807) is 12.3 Å². The summed E-state index contributed by atoms with van der Waals surface area (Å²) in [5, 5.41) is 12.4. The van der Waals surface area contributed by atoms with E-state index >= 15 is 0 Å². The molecule has 0 spiro atoms. The highest BCUT2D eigenvalue weighted by molar-refractivity contribution is 7.09. The van der Waals surface area contributed by atoms with E-state index in [4.69, 9.17) is 9.47 Å². The number of hydrogen-bond acceptors (Lipinski definition) is 6. The number of thiazole rings is 1. The molecule has 0 unspecified atom stereocenters. The van der Waals surface area contributed by atoms with E-state index in [0.717, 1.165) is 30.0 Å². The second kappa shape index (κ2) is 12.6. The molecule has 6 heteroatoms. The lowest BCUT2D eigenvalue weighted by Crippen LogP contribution is -2.11. The Balaban J connectivity index is 1.44. The maximum Gasteiger partial charge on any atom is 0.357 e. The Morgan fingerprint density at radius 3 is 2.94 bits per heavy atom. The van der Waals surface area contributed by atoms with Crippen LogP contribution >= 0.6 is 11.3 Å². The number of ether oxygens (including phenoxy) is 2. The van der Waals surface area contributed by atoms with Crippen LogP contribution in [0, 0.1) is 11.8 Å². The van der Waals surface area contributed by atoms with Crippen LogP contribution in [0.15, 0.2) is 47.9 Å². The van der Waals surface area contributed by atoms with Crippen LogP contribution in [0.2, 0.25) is 0 Å². The molecule has 5 nitrogen and oxygen atoms in total. The average Bonchev–Trinajstić information content (AvgIpc) is 3.45. The molecule has 0 aliphatic heterocycles. The first-order chi connectivity index (χ1) is 15.2. The summed E-state index contributed by atoms with van der Waals surface area (Å²) in [5.41, 5.74) is 0.347. The average molecular weight is 444 g/mol. The van der Waals surface area contributed by atoms with Gasteiger partial charge in [0.05, 0.1) is 24.8 Å². The van der Waals surface area contributed by atoms with Gasteiger partial charge in [-0.3, -0.25) is 0 Å². The Kier molecular flexibility index (Phi) is 9.56. The first-order valence-electron chi connectivity index (χ1n) is 11.3. The number of esters is 1. The number of rotatable bonds is 12. The van der Waals surface area contributed by atoms with Gasteiger partial charge >= 0.3 is 5.97 Å². The second-order valence-electron chi connectivity index (χ2n) is 7.98. The molecular formula is C25H33NO4S. The molecule has 0 saturated heterocycles. The zero-order valence-corrected chi connectivity index (χ0v) is 19.1. The van der Waals surface area contributed by atoms with Gasteiger partial charge < -0.3 is 14.6 Å². The molecule has 168 valence electrons. The van der Waals surface area contributed by atoms with Gasteiger partial charge in [0.2, 0.25) is 0 Å². The Labute approximate surface area is 189 Å². The molecule has 2 aromatic rings. The fraction of sp³-hybridized carbons (Fsp3) is 0.520. The summed E-state index contributed by atoms with van der Waals surface area (Å²) in [6.07, 6.45) is 11.2. The number of allylic oxidation sites excluding steroid dienone is 1. The van der Waals surface area contributed by atoms with Gasteiger partial charge in [-0.15, -0.1) is 11.3 Å². The molecule has 3 rings (SSSR count). The third-order valence-electron chi connectivity index (χ3n) is 5.86. The Morgan fingerprint density at radius 2 is 2.16 bits per heavy atom. The van der Waals surface area contributed by atoms with Crippen LogP contribution in [-0.2, 0) is 4.74 Å². The van der Waals surface area contributed by atoms with Gasteiger partial charge in [0.25, 0.3) is 0 Å². The van der Waals surface area contributed by atoms with Crippen molar-refractivity contribution in [1.29, 1.82) is 0 Å². The largest absolute Gasteiger partial charge is 0.493 e. The van der Waals surface area contributed by atoms with Crippen molar-refractivity contribution in [1.82, 2.24) is 4.98 Å². The molecule has 0 radical (unpaired) electrons. The normalized spacial score (nSPS) is 19.5. The maximum atomic E-state index is 11.8. The van der Waals surface area contributed by atoms with Crippen molar-refractivity contribution in [2.75, 3.05) is 19.8 Å². The maximum absolute atomic E-state index is 11.8. The molecule has 1 aliphatic carbocycles. The highest BCUT2D eigenvalue weighted by Gasteiger charge is 2.27. The summed E-state index contributed by atoms with van der Waals surface area (Å²) < 4.78 is 10.8. The van der Waals surface area contributed by atoms with Crippen molar-refractivity contribution in [2.45, 2.75) is 51.4 Å². The molecule has 1 saturated carbocycles. The van der Waals surface area contributed by atoms with E-state index in [9.17, 15) is 9.90 Å². The van der Waals surface area contributed by atoms with Crippen molar-refractivity contribution in [3.05, 3.63) is 58.6 Å². The number of carbonyl (C=O) groups is 1. The number of nitrogens with zero attached hydrogens (tertiary/aromatic N) is 1. The van der Waals surface area contributed by atoms with E-state index in [1.807, 2.05) is 30.3 Å². The summed E-state index contributed by atoms with van der Waals surface area (Å²) >= 11 is 1.44. The number of aliphatic hydroxyl groups is 1. The summed E-state index contributed by atoms with van der Waals surface area (Å²) in [6, 6.07) is 9.91. The topological polar surface area (TPSA) is 68.7 Å². The van der Waals surface area contributed by atoms with Crippen LogP contribution in [0.3, 0.4) is 0 Å². The van der Waals surface area contributed by atoms with Crippen molar-refractivity contribution in [2.24, 2.45) is 11.8 Å². The smallest absolute Gasteiger partial charge is 0.357 e. The number of aliphatic hydroxyl groups excluding tert-OH is 1. The summed E-state index contributed by atoms with van der Waals surface area (Å²) in [4.78, 5) is 16.3. The number of carbonyl (C=O) groups excluding carboxylic acids is 1. The highest BCUT2D eigenvalue weighted by Crippen LogP contribution is 2.38. The Morgan fingerprint density at radius 1 is 1.32 bits per heavy atom. The van der Waals surface area contributed by atoms with E-state index in [1.165, 1.54) is 30.6 Å². The minimum absolute atomic E-state index is 0.0160. The quantitative estimate of drug-likeness (QED) is 0.262. The van der Waals surface area contributed by atoms with Gasteiger partial charge in [0.15, 0.2) is 5.69 Å². The molecule has 0 bridgehead atoms. The molecule has 1 aliphatic rings. The van der Waals surface area contributed by atoms with Gasteiger partial charge in [-0.05, 0) is 63.0 Å². The third-order valence-corrected chi connectivity index (χ3v) is 6.87. The van der Waals surface area contributed by atoms with Crippen molar-refractivity contribution < 1.29 is 19.4 Å². The molecule has 1 aromatic heterocycles. The summed E-state index contributed by atoms with van der Waals surface area (Å²) in [5.74, 6) is 1.75. The molecule has 31 heavy (non-hydrogen) atoms. The van der Waals surface area contributed by atoms with Gasteiger partial charge in [-0.1, -0.05) is 36.8 Å². The minimum atomic E-state index is -0.390. The van der Waals surface area contributed by atoms with Crippen molar-refractivity contribution >= 4 is 17.3 Å². The third kappa shape index (κ3) is 7.18. The second-order valence-corrected chi connectivity index (χ2v) is 8.87. The number of aromatic nitrogens is 1. The Bertz CT molecular complexity index is 820. The Hall–Kier alpha value is -2.18. The van der Waals surface area contributed by atoms with Gasteiger partial charge in [0.1, 0.15) is 5.75 Å². The van der Waals surface area contributed by atoms with Crippen LogP contribution < -0.4 is 4.74 Å². The lowest BCUT2D eigenvalue weighted by atomic mass is 9.88. The van der Waals surface area contributed by atoms with E-state index in [2.05, 4.69) is 17.1 Å². The molecule has 1 fully saturated rings. The first kappa shape index (κ1) is 23.5. The zero-order chi connectivity index (χ0) is 21.9. The SMILES string of the molecule is CCOC(=O)c1csc([C@H](CO)CC[C@H]2CCC[C@@H]2/C=C/CCOc2ccccc2)n1. The molecule has 1 N–H and O–H groups in total. The molecule has 1 heterocycles. The number of benzene rings is 1. The predicted molar refractivity (Wildman–Crippen MR) is 124 cm³/mol. The molecule has 1 aromatic carbocycles. The van der Waals surface area contributed by atoms with Crippen molar-refractivity contribution in [3.63, 3.8) is 0 Å². The van der Waals surface area contributed by atoms with Gasteiger partial charge in [-0.2, -0.15) is 0 Å². The summed E-state index contributed by atoms with van der Waals surface area (Å²) in [7, 11) is 0. The molecule has 0 amide bonds. The monoisotopic (exact) mass is 443 g/mol.